The van der Waals surface area contributed by atoms with Crippen molar-refractivity contribution in [1.82, 2.24) is 5.32 Å². The second kappa shape index (κ2) is 10.2. The van der Waals surface area contributed by atoms with Crippen LogP contribution in [0.1, 0.15) is 12.5 Å². The molecule has 0 bridgehead atoms. The summed E-state index contributed by atoms with van der Waals surface area (Å²) in [6, 6.07) is 15.4. The van der Waals surface area contributed by atoms with Gasteiger partial charge < -0.3 is 24.6 Å². The molecule has 142 valence electrons. The highest BCUT2D eigenvalue weighted by Gasteiger charge is 2.19. The van der Waals surface area contributed by atoms with Gasteiger partial charge in [-0.2, -0.15) is 5.26 Å². The van der Waals surface area contributed by atoms with Crippen molar-refractivity contribution in [3.8, 4) is 23.3 Å². The molecule has 0 spiro atoms. The molecule has 0 heterocycles. The van der Waals surface area contributed by atoms with Crippen molar-refractivity contribution in [2.24, 2.45) is 0 Å². The maximum atomic E-state index is 12.0. The Hall–Kier alpha value is -3.08. The molecule has 0 aliphatic heterocycles. The number of benzene rings is 2. The normalized spacial score (nSPS) is 12.5. The molecule has 2 atom stereocenters. The number of rotatable bonds is 9. The maximum absolute atomic E-state index is 12.0. The number of nitriles is 1. The first kappa shape index (κ1) is 20.2. The number of carbonyl (C=O) groups is 1. The third-order valence-corrected chi connectivity index (χ3v) is 3.71. The minimum absolute atomic E-state index is 0.000688. The molecular weight excluding hydrogens is 348 g/mol. The summed E-state index contributed by atoms with van der Waals surface area (Å²) in [4.78, 5) is 12.0. The monoisotopic (exact) mass is 370 g/mol. The molecule has 2 unspecified atom stereocenters. The number of methoxy groups -OCH3 is 1. The van der Waals surface area contributed by atoms with Crippen LogP contribution in [-0.4, -0.2) is 43.5 Å². The van der Waals surface area contributed by atoms with Gasteiger partial charge in [0.15, 0.2) is 6.10 Å². The highest BCUT2D eigenvalue weighted by Crippen LogP contribution is 2.18. The van der Waals surface area contributed by atoms with Crippen LogP contribution in [0.5, 0.6) is 17.2 Å². The topological polar surface area (TPSA) is 101 Å². The Bertz CT molecular complexity index is 786. The lowest BCUT2D eigenvalue weighted by molar-refractivity contribution is -0.143. The molecule has 0 radical (unpaired) electrons. The summed E-state index contributed by atoms with van der Waals surface area (Å²) in [6.45, 7) is 2.22. The summed E-state index contributed by atoms with van der Waals surface area (Å²) in [7, 11) is 1.59. The minimum Gasteiger partial charge on any atom is -0.497 e. The van der Waals surface area contributed by atoms with Crippen LogP contribution in [-0.2, 0) is 4.79 Å². The van der Waals surface area contributed by atoms with Crippen LogP contribution in [0.3, 0.4) is 0 Å². The van der Waals surface area contributed by atoms with Crippen LogP contribution in [0.4, 0.5) is 0 Å². The van der Waals surface area contributed by atoms with Crippen LogP contribution in [0, 0.1) is 11.3 Å². The van der Waals surface area contributed by atoms with Gasteiger partial charge in [-0.15, -0.1) is 0 Å². The molecule has 0 saturated carbocycles. The third-order valence-electron chi connectivity index (χ3n) is 3.71. The van der Waals surface area contributed by atoms with Gasteiger partial charge in [0.25, 0.3) is 0 Å². The predicted molar refractivity (Wildman–Crippen MR) is 98.8 cm³/mol. The molecule has 0 amide bonds. The molecule has 0 aromatic heterocycles. The van der Waals surface area contributed by atoms with Gasteiger partial charge in [0.2, 0.25) is 0 Å². The fraction of sp³-hybridized carbons (Fsp3) is 0.300. The molecule has 0 fully saturated rings. The zero-order chi connectivity index (χ0) is 19.6. The first-order chi connectivity index (χ1) is 13.0. The molecule has 0 aliphatic carbocycles. The molecule has 2 N–H and O–H groups in total. The zero-order valence-corrected chi connectivity index (χ0v) is 15.2. The molecule has 7 heteroatoms. The Morgan fingerprint density at radius 3 is 2.52 bits per heavy atom. The van der Waals surface area contributed by atoms with Crippen LogP contribution >= 0.6 is 0 Å². The number of aliphatic hydroxyl groups excluding tert-OH is 1. The number of nitrogens with one attached hydrogen (secondary N) is 1. The van der Waals surface area contributed by atoms with Crippen molar-refractivity contribution in [3.05, 3.63) is 54.1 Å². The van der Waals surface area contributed by atoms with Crippen molar-refractivity contribution >= 4 is 5.97 Å². The van der Waals surface area contributed by atoms with E-state index in [1.807, 2.05) is 13.0 Å². The molecule has 2 rings (SSSR count). The van der Waals surface area contributed by atoms with Gasteiger partial charge in [-0.3, -0.25) is 0 Å². The van der Waals surface area contributed by atoms with Crippen LogP contribution in [0.15, 0.2) is 48.5 Å². The SMILES string of the molecule is COc1ccc(OCC(C)NCC(O)C(=O)Oc2ccccc2C#N)cc1. The van der Waals surface area contributed by atoms with E-state index in [-0.39, 0.29) is 23.9 Å². The Kier molecular flexibility index (Phi) is 7.62. The van der Waals surface area contributed by atoms with Gasteiger partial charge >= 0.3 is 5.97 Å². The summed E-state index contributed by atoms with van der Waals surface area (Å²) in [5, 5.41) is 22.0. The molecule has 2 aromatic carbocycles. The fourth-order valence-corrected chi connectivity index (χ4v) is 2.17. The van der Waals surface area contributed by atoms with E-state index in [0.29, 0.717) is 12.4 Å². The number of para-hydroxylation sites is 1. The molecule has 0 aliphatic rings. The second-order valence-corrected chi connectivity index (χ2v) is 5.84. The van der Waals surface area contributed by atoms with Crippen molar-refractivity contribution < 1.29 is 24.1 Å². The van der Waals surface area contributed by atoms with Gasteiger partial charge in [0.05, 0.1) is 12.7 Å². The van der Waals surface area contributed by atoms with Crippen LogP contribution in [0.25, 0.3) is 0 Å². The quantitative estimate of drug-likeness (QED) is 0.513. The molecule has 27 heavy (non-hydrogen) atoms. The van der Waals surface area contributed by atoms with E-state index in [9.17, 15) is 9.90 Å². The maximum Gasteiger partial charge on any atom is 0.341 e. The Balaban J connectivity index is 1.75. The molecule has 7 nitrogen and oxygen atoms in total. The molecule has 0 saturated heterocycles. The number of hydrogen-bond acceptors (Lipinski definition) is 7. The number of nitrogens with zero attached hydrogens (tertiary/aromatic N) is 1. The van der Waals surface area contributed by atoms with Gasteiger partial charge in [-0.1, -0.05) is 12.1 Å². The Morgan fingerprint density at radius 1 is 1.19 bits per heavy atom. The predicted octanol–water partition coefficient (Wildman–Crippen LogP) is 1.89. The van der Waals surface area contributed by atoms with E-state index < -0.39 is 12.1 Å². The van der Waals surface area contributed by atoms with Gasteiger partial charge in [0, 0.05) is 12.6 Å². The first-order valence-electron chi connectivity index (χ1n) is 8.42. The van der Waals surface area contributed by atoms with E-state index >= 15 is 0 Å². The first-order valence-corrected chi connectivity index (χ1v) is 8.42. The second-order valence-electron chi connectivity index (χ2n) is 5.84. The van der Waals surface area contributed by atoms with E-state index in [0.717, 1.165) is 5.75 Å². The molecule has 2 aromatic rings. The van der Waals surface area contributed by atoms with Gasteiger partial charge in [-0.25, -0.2) is 4.79 Å². The highest BCUT2D eigenvalue weighted by molar-refractivity contribution is 5.77. The largest absolute Gasteiger partial charge is 0.497 e. The summed E-state index contributed by atoms with van der Waals surface area (Å²) in [6.07, 6.45) is -1.36. The average Bonchev–Trinajstić information content (AvgIpc) is 2.71. The number of hydrogen-bond donors (Lipinski definition) is 2. The smallest absolute Gasteiger partial charge is 0.341 e. The van der Waals surface area contributed by atoms with E-state index in [4.69, 9.17) is 19.5 Å². The standard InChI is InChI=1S/C20H22N2O5/c1-14(13-26-17-9-7-16(25-2)8-10-17)22-12-18(23)20(24)27-19-6-4-3-5-15(19)11-21/h3-10,14,18,22-23H,12-13H2,1-2H3. The van der Waals surface area contributed by atoms with Crippen molar-refractivity contribution in [1.29, 1.82) is 5.26 Å². The lowest BCUT2D eigenvalue weighted by Gasteiger charge is -2.17. The lowest BCUT2D eigenvalue weighted by atomic mass is 10.2. The lowest BCUT2D eigenvalue weighted by Crippen LogP contribution is -2.41. The van der Waals surface area contributed by atoms with E-state index in [1.165, 1.54) is 12.1 Å². The number of carbonyl (C=O) groups excluding carboxylic acids is 1. The fourth-order valence-electron chi connectivity index (χ4n) is 2.17. The van der Waals surface area contributed by atoms with Crippen LogP contribution in [0.2, 0.25) is 0 Å². The van der Waals surface area contributed by atoms with E-state index in [1.54, 1.807) is 43.5 Å². The van der Waals surface area contributed by atoms with E-state index in [2.05, 4.69) is 5.32 Å². The number of ether oxygens (including phenoxy) is 3. The summed E-state index contributed by atoms with van der Waals surface area (Å²) in [5.41, 5.74) is 0.229. The summed E-state index contributed by atoms with van der Waals surface area (Å²) in [5.74, 6) is 0.735. The van der Waals surface area contributed by atoms with Crippen molar-refractivity contribution in [3.63, 3.8) is 0 Å². The summed E-state index contributed by atoms with van der Waals surface area (Å²) >= 11 is 0. The molecular formula is C20H22N2O5. The average molecular weight is 370 g/mol. The van der Waals surface area contributed by atoms with Crippen molar-refractivity contribution in [2.75, 3.05) is 20.3 Å². The van der Waals surface area contributed by atoms with Gasteiger partial charge in [-0.05, 0) is 43.3 Å². The highest BCUT2D eigenvalue weighted by atomic mass is 16.5. The van der Waals surface area contributed by atoms with Crippen LogP contribution < -0.4 is 19.5 Å². The minimum atomic E-state index is -1.36. The number of aliphatic hydroxyl groups is 1. The Labute approximate surface area is 158 Å². The summed E-state index contributed by atoms with van der Waals surface area (Å²) < 4.78 is 15.8. The van der Waals surface area contributed by atoms with Gasteiger partial charge in [0.1, 0.15) is 29.9 Å². The Morgan fingerprint density at radius 2 is 1.85 bits per heavy atom. The number of esters is 1. The zero-order valence-electron chi connectivity index (χ0n) is 15.2. The van der Waals surface area contributed by atoms with Crippen molar-refractivity contribution in [2.45, 2.75) is 19.1 Å². The third kappa shape index (κ3) is 6.29.